The highest BCUT2D eigenvalue weighted by Crippen LogP contribution is 2.38. The highest BCUT2D eigenvalue weighted by Gasteiger charge is 2.56. The average molecular weight is 401 g/mol. The molecule has 1 aromatic rings. The van der Waals surface area contributed by atoms with E-state index >= 15 is 0 Å². The molecule has 6 nitrogen and oxygen atoms in total. The number of carbonyl (C=O) groups is 2. The van der Waals surface area contributed by atoms with Crippen LogP contribution in [0, 0.1) is 5.92 Å². The van der Waals surface area contributed by atoms with Gasteiger partial charge in [-0.1, -0.05) is 35.7 Å². The number of nitrogens with zero attached hydrogens (tertiary/aromatic N) is 1. The van der Waals surface area contributed by atoms with E-state index in [2.05, 4.69) is 21.2 Å². The van der Waals surface area contributed by atoms with Crippen molar-refractivity contribution < 1.29 is 18.0 Å². The average Bonchev–Trinajstić information content (AvgIpc) is 2.70. The maximum absolute atomic E-state index is 12.8. The number of hydrogen-bond donors (Lipinski definition) is 1. The fourth-order valence-corrected chi connectivity index (χ4v) is 5.00. The predicted octanol–water partition coefficient (Wildman–Crippen LogP) is 2.64. The highest BCUT2D eigenvalue weighted by molar-refractivity contribution is 9.10. The first kappa shape index (κ1) is 16.4. The fraction of sp³-hybridized carbons (Fsp3) is 0.467. The molecule has 1 heterocycles. The Bertz CT molecular complexity index is 762. The molecule has 8 heteroatoms. The molecule has 1 spiro atoms. The number of benzene rings is 1. The topological polar surface area (TPSA) is 83.6 Å². The minimum atomic E-state index is -4.20. The Kier molecular flexibility index (Phi) is 4.00. The molecule has 2 unspecified atom stereocenters. The molecule has 1 aliphatic heterocycles. The summed E-state index contributed by atoms with van der Waals surface area (Å²) in [4.78, 5) is 25.0. The van der Waals surface area contributed by atoms with Gasteiger partial charge in [-0.15, -0.1) is 4.31 Å². The van der Waals surface area contributed by atoms with Crippen LogP contribution in [0.5, 0.6) is 0 Å². The zero-order chi connectivity index (χ0) is 16.8. The van der Waals surface area contributed by atoms with Crippen molar-refractivity contribution in [3.63, 3.8) is 0 Å². The molecular formula is C15H17BrN2O4S. The second-order valence-electron chi connectivity index (χ2n) is 6.24. The van der Waals surface area contributed by atoms with Gasteiger partial charge in [-0.3, -0.25) is 4.79 Å². The molecule has 2 fully saturated rings. The smallest absolute Gasteiger partial charge is 0.322 e. The van der Waals surface area contributed by atoms with Crippen molar-refractivity contribution in [1.29, 1.82) is 0 Å². The lowest BCUT2D eigenvalue weighted by Gasteiger charge is -2.34. The third kappa shape index (κ3) is 2.67. The minimum absolute atomic E-state index is 0.0786. The van der Waals surface area contributed by atoms with E-state index in [0.717, 1.165) is 12.8 Å². The van der Waals surface area contributed by atoms with Crippen LogP contribution in [0.25, 0.3) is 0 Å². The Morgan fingerprint density at radius 1 is 1.26 bits per heavy atom. The van der Waals surface area contributed by atoms with Crippen molar-refractivity contribution in [2.45, 2.75) is 43.0 Å². The van der Waals surface area contributed by atoms with Crippen molar-refractivity contribution in [2.24, 2.45) is 5.92 Å². The van der Waals surface area contributed by atoms with E-state index in [9.17, 15) is 18.0 Å². The third-order valence-corrected chi connectivity index (χ3v) is 6.68. The van der Waals surface area contributed by atoms with Gasteiger partial charge in [0.25, 0.3) is 15.9 Å². The number of rotatable bonds is 2. The van der Waals surface area contributed by atoms with E-state index in [4.69, 9.17) is 0 Å². The van der Waals surface area contributed by atoms with Crippen LogP contribution in [0.2, 0.25) is 0 Å². The first-order valence-electron chi connectivity index (χ1n) is 7.44. The largest absolute Gasteiger partial charge is 0.339 e. The van der Waals surface area contributed by atoms with E-state index in [0.29, 0.717) is 21.6 Å². The molecule has 1 N–H and O–H groups in total. The van der Waals surface area contributed by atoms with Gasteiger partial charge >= 0.3 is 6.03 Å². The number of sulfonamides is 1. The molecule has 0 bridgehead atoms. The van der Waals surface area contributed by atoms with Gasteiger partial charge in [0, 0.05) is 4.47 Å². The summed E-state index contributed by atoms with van der Waals surface area (Å²) in [5.41, 5.74) is -1.07. The normalized spacial score (nSPS) is 28.3. The van der Waals surface area contributed by atoms with Crippen LogP contribution < -0.4 is 5.32 Å². The molecule has 2 aliphatic rings. The minimum Gasteiger partial charge on any atom is -0.322 e. The second kappa shape index (κ2) is 5.59. The zero-order valence-corrected chi connectivity index (χ0v) is 15.0. The number of hydrogen-bond acceptors (Lipinski definition) is 4. The molecule has 124 valence electrons. The first-order valence-corrected chi connectivity index (χ1v) is 9.67. The first-order chi connectivity index (χ1) is 10.8. The zero-order valence-electron chi connectivity index (χ0n) is 12.6. The number of imide groups is 1. The van der Waals surface area contributed by atoms with Gasteiger partial charge in [0.2, 0.25) is 0 Å². The van der Waals surface area contributed by atoms with Gasteiger partial charge in [-0.05, 0) is 43.0 Å². The van der Waals surface area contributed by atoms with Crippen LogP contribution in [-0.2, 0) is 14.8 Å². The van der Waals surface area contributed by atoms with Gasteiger partial charge < -0.3 is 5.32 Å². The Hall–Kier alpha value is -1.41. The molecule has 0 radical (unpaired) electrons. The lowest BCUT2D eigenvalue weighted by molar-refractivity contribution is -0.129. The highest BCUT2D eigenvalue weighted by atomic mass is 79.9. The maximum Gasteiger partial charge on any atom is 0.339 e. The van der Waals surface area contributed by atoms with E-state index in [-0.39, 0.29) is 10.8 Å². The summed E-state index contributed by atoms with van der Waals surface area (Å²) < 4.78 is 26.5. The molecule has 3 amide bonds. The van der Waals surface area contributed by atoms with Crippen molar-refractivity contribution in [2.75, 3.05) is 0 Å². The molecule has 0 aromatic heterocycles. The molecule has 2 atom stereocenters. The van der Waals surface area contributed by atoms with E-state index in [1.54, 1.807) is 12.1 Å². The van der Waals surface area contributed by atoms with Crippen LogP contribution in [0.4, 0.5) is 4.79 Å². The van der Waals surface area contributed by atoms with Gasteiger partial charge in [0.1, 0.15) is 5.54 Å². The van der Waals surface area contributed by atoms with Crippen LogP contribution >= 0.6 is 15.9 Å². The number of amides is 3. The standard InChI is InChI=1S/C15H17BrN2O4S/c1-10-3-2-8-15(9-10)13(19)18(14(20)17-15)23(21,22)12-6-4-11(16)5-7-12/h4-7,10H,2-3,8-9H2,1H3,(H,17,20). The lowest BCUT2D eigenvalue weighted by atomic mass is 9.76. The van der Waals surface area contributed by atoms with E-state index in [1.165, 1.54) is 12.1 Å². The molecule has 3 rings (SSSR count). The molecule has 1 aromatic carbocycles. The van der Waals surface area contributed by atoms with Gasteiger partial charge in [0.05, 0.1) is 4.90 Å². The summed E-state index contributed by atoms with van der Waals surface area (Å²) in [6.07, 6.45) is 2.72. The summed E-state index contributed by atoms with van der Waals surface area (Å²) in [7, 11) is -4.20. The van der Waals surface area contributed by atoms with Crippen LogP contribution in [0.1, 0.15) is 32.6 Å². The summed E-state index contributed by atoms with van der Waals surface area (Å²) in [5.74, 6) is -0.389. The predicted molar refractivity (Wildman–Crippen MR) is 87.1 cm³/mol. The Morgan fingerprint density at radius 2 is 1.91 bits per heavy atom. The lowest BCUT2D eigenvalue weighted by Crippen LogP contribution is -2.50. The van der Waals surface area contributed by atoms with E-state index < -0.39 is 27.5 Å². The number of nitrogens with one attached hydrogen (secondary N) is 1. The molecule has 1 aliphatic carbocycles. The van der Waals surface area contributed by atoms with Crippen LogP contribution in [0.3, 0.4) is 0 Å². The number of carbonyl (C=O) groups excluding carboxylic acids is 2. The SMILES string of the molecule is CC1CCCC2(C1)NC(=O)N(S(=O)(=O)c1ccc(Br)cc1)C2=O. The number of halogens is 1. The Balaban J connectivity index is 1.98. The molecular weight excluding hydrogens is 384 g/mol. The van der Waals surface area contributed by atoms with Crippen LogP contribution in [-0.4, -0.2) is 30.2 Å². The second-order valence-corrected chi connectivity index (χ2v) is 8.94. The van der Waals surface area contributed by atoms with Crippen molar-refractivity contribution in [1.82, 2.24) is 9.62 Å². The summed E-state index contributed by atoms with van der Waals surface area (Å²) in [5, 5.41) is 2.64. The summed E-state index contributed by atoms with van der Waals surface area (Å²) in [6.45, 7) is 2.01. The molecule has 1 saturated heterocycles. The van der Waals surface area contributed by atoms with Gasteiger partial charge in [-0.2, -0.15) is 0 Å². The molecule has 23 heavy (non-hydrogen) atoms. The van der Waals surface area contributed by atoms with Crippen molar-refractivity contribution in [3.8, 4) is 0 Å². The quantitative estimate of drug-likeness (QED) is 0.773. The van der Waals surface area contributed by atoms with Gasteiger partial charge in [-0.25, -0.2) is 13.2 Å². The maximum atomic E-state index is 12.8. The summed E-state index contributed by atoms with van der Waals surface area (Å²) in [6, 6.07) is 5.00. The molecule has 1 saturated carbocycles. The van der Waals surface area contributed by atoms with Crippen molar-refractivity contribution >= 4 is 37.9 Å². The third-order valence-electron chi connectivity index (χ3n) is 4.47. The Labute approximate surface area is 143 Å². The monoisotopic (exact) mass is 400 g/mol. The number of urea groups is 1. The van der Waals surface area contributed by atoms with E-state index in [1.807, 2.05) is 6.92 Å². The summed E-state index contributed by atoms with van der Waals surface area (Å²) >= 11 is 3.23. The fourth-order valence-electron chi connectivity index (χ4n) is 3.38. The van der Waals surface area contributed by atoms with Gasteiger partial charge in [0.15, 0.2) is 0 Å². The Morgan fingerprint density at radius 3 is 2.52 bits per heavy atom. The van der Waals surface area contributed by atoms with Crippen LogP contribution in [0.15, 0.2) is 33.6 Å². The van der Waals surface area contributed by atoms with Crippen molar-refractivity contribution in [3.05, 3.63) is 28.7 Å².